The number of nitrogens with one attached hydrogen (secondary N) is 1. The highest BCUT2D eigenvalue weighted by Gasteiger charge is 2.05. The number of nitrogens with two attached hydrogens (primary N) is 1. The fraction of sp³-hybridized carbons (Fsp3) is 0.118. The number of tetrazole rings is 1. The zero-order chi connectivity index (χ0) is 19.1. The summed E-state index contributed by atoms with van der Waals surface area (Å²) in [6.45, 7) is 0.240. The summed E-state index contributed by atoms with van der Waals surface area (Å²) in [6, 6.07) is 14.7. The zero-order valence-corrected chi connectivity index (χ0v) is 14.9. The lowest BCUT2D eigenvalue weighted by Crippen LogP contribution is -2.24. The van der Waals surface area contributed by atoms with Crippen molar-refractivity contribution >= 4 is 29.7 Å². The van der Waals surface area contributed by atoms with Crippen LogP contribution in [0.5, 0.6) is 5.75 Å². The number of nitrogens with zero attached hydrogens (tertiary/aromatic N) is 5. The Morgan fingerprint density at radius 1 is 1.26 bits per heavy atom. The molecule has 10 heteroatoms. The molecule has 0 radical (unpaired) electrons. The van der Waals surface area contributed by atoms with Gasteiger partial charge in [0.05, 0.1) is 6.21 Å². The van der Waals surface area contributed by atoms with Crippen molar-refractivity contribution in [3.8, 4) is 5.75 Å². The van der Waals surface area contributed by atoms with E-state index in [2.05, 4.69) is 25.9 Å². The van der Waals surface area contributed by atoms with Crippen LogP contribution in [0.1, 0.15) is 11.1 Å². The molecular formula is C17H16ClN7O2. The van der Waals surface area contributed by atoms with Gasteiger partial charge in [-0.15, -0.1) is 5.10 Å². The number of halogens is 1. The molecule has 0 aliphatic carbocycles. The summed E-state index contributed by atoms with van der Waals surface area (Å²) in [5, 5.41) is 15.4. The van der Waals surface area contributed by atoms with Crippen molar-refractivity contribution in [3.05, 3.63) is 64.7 Å². The number of hydrogen-bond donors (Lipinski definition) is 2. The average Bonchev–Trinajstić information content (AvgIpc) is 3.07. The highest BCUT2D eigenvalue weighted by atomic mass is 35.5. The smallest absolute Gasteiger partial charge is 0.263 e. The number of para-hydroxylation sites is 1. The first-order chi connectivity index (χ1) is 13.1. The third kappa shape index (κ3) is 5.51. The van der Waals surface area contributed by atoms with E-state index in [0.717, 1.165) is 15.9 Å². The Morgan fingerprint density at radius 2 is 2.04 bits per heavy atom. The summed E-state index contributed by atoms with van der Waals surface area (Å²) in [5.74, 6) is 0.220. The average molecular weight is 386 g/mol. The third-order valence-electron chi connectivity index (χ3n) is 3.37. The van der Waals surface area contributed by atoms with Gasteiger partial charge in [-0.3, -0.25) is 4.79 Å². The Balaban J connectivity index is 1.57. The Morgan fingerprint density at radius 3 is 2.78 bits per heavy atom. The summed E-state index contributed by atoms with van der Waals surface area (Å²) < 4.78 is 5.83. The van der Waals surface area contributed by atoms with Crippen molar-refractivity contribution in [1.82, 2.24) is 25.6 Å². The molecule has 0 saturated heterocycles. The fourth-order valence-electron chi connectivity index (χ4n) is 2.12. The van der Waals surface area contributed by atoms with Crippen LogP contribution in [0.25, 0.3) is 0 Å². The molecule has 0 spiro atoms. The van der Waals surface area contributed by atoms with Gasteiger partial charge in [-0.05, 0) is 35.0 Å². The Labute approximate surface area is 159 Å². The molecule has 0 saturated carbocycles. The second kappa shape index (κ2) is 8.77. The number of hydrazone groups is 1. The van der Waals surface area contributed by atoms with Gasteiger partial charge in [0.25, 0.3) is 11.9 Å². The summed E-state index contributed by atoms with van der Waals surface area (Å²) in [5.41, 5.74) is 9.43. The lowest BCUT2D eigenvalue weighted by Gasteiger charge is -2.09. The Kier molecular flexibility index (Phi) is 5.95. The molecule has 0 bridgehead atoms. The van der Waals surface area contributed by atoms with E-state index in [1.54, 1.807) is 12.1 Å². The molecule has 0 fully saturated rings. The van der Waals surface area contributed by atoms with Crippen molar-refractivity contribution < 1.29 is 9.53 Å². The monoisotopic (exact) mass is 385 g/mol. The van der Waals surface area contributed by atoms with Crippen LogP contribution in [0.2, 0.25) is 5.02 Å². The van der Waals surface area contributed by atoms with Crippen LogP contribution in [-0.4, -0.2) is 32.3 Å². The maximum atomic E-state index is 11.8. The van der Waals surface area contributed by atoms with Crippen LogP contribution < -0.4 is 15.9 Å². The van der Waals surface area contributed by atoms with Crippen molar-refractivity contribution in [2.24, 2.45) is 5.10 Å². The molecule has 3 rings (SSSR count). The van der Waals surface area contributed by atoms with Gasteiger partial charge in [0.2, 0.25) is 0 Å². The summed E-state index contributed by atoms with van der Waals surface area (Å²) in [7, 11) is 0. The fourth-order valence-corrected chi connectivity index (χ4v) is 2.25. The van der Waals surface area contributed by atoms with E-state index in [9.17, 15) is 4.79 Å². The van der Waals surface area contributed by atoms with Gasteiger partial charge in [0.15, 0.2) is 0 Å². The van der Waals surface area contributed by atoms with E-state index < -0.39 is 5.91 Å². The topological polar surface area (TPSA) is 120 Å². The molecule has 0 unspecified atom stereocenters. The number of nitrogen functional groups attached to an aromatic ring is 1. The SMILES string of the molecule is Nc1nnn(CC(=O)N/N=C\c2ccccc2OCc2ccc(Cl)cc2)n1. The highest BCUT2D eigenvalue weighted by molar-refractivity contribution is 6.30. The van der Waals surface area contributed by atoms with Gasteiger partial charge >= 0.3 is 0 Å². The minimum absolute atomic E-state index is 0.00179. The van der Waals surface area contributed by atoms with Crippen LogP contribution >= 0.6 is 11.6 Å². The molecular weight excluding hydrogens is 370 g/mol. The number of benzene rings is 2. The van der Waals surface area contributed by atoms with Crippen LogP contribution in [0.3, 0.4) is 0 Å². The Hall–Kier alpha value is -3.46. The van der Waals surface area contributed by atoms with Crippen LogP contribution in [-0.2, 0) is 17.9 Å². The highest BCUT2D eigenvalue weighted by Crippen LogP contribution is 2.18. The van der Waals surface area contributed by atoms with Crippen molar-refractivity contribution in [1.29, 1.82) is 0 Å². The quantitative estimate of drug-likeness (QED) is 0.471. The number of anilines is 1. The lowest BCUT2D eigenvalue weighted by atomic mass is 10.2. The predicted octanol–water partition coefficient (Wildman–Crippen LogP) is 1.64. The molecule has 1 aromatic heterocycles. The first kappa shape index (κ1) is 18.3. The van der Waals surface area contributed by atoms with E-state index in [-0.39, 0.29) is 12.5 Å². The van der Waals surface area contributed by atoms with E-state index in [1.807, 2.05) is 36.4 Å². The van der Waals surface area contributed by atoms with Crippen molar-refractivity contribution in [2.75, 3.05) is 5.73 Å². The van der Waals surface area contributed by atoms with Gasteiger partial charge in [-0.2, -0.15) is 9.90 Å². The number of hydrogen-bond acceptors (Lipinski definition) is 7. The molecule has 3 N–H and O–H groups in total. The molecule has 27 heavy (non-hydrogen) atoms. The molecule has 9 nitrogen and oxygen atoms in total. The standard InChI is InChI=1S/C17H16ClN7O2/c18-14-7-5-12(6-8-14)11-27-15-4-2-1-3-13(15)9-20-21-16(26)10-25-23-17(19)22-24-25/h1-9H,10-11H2,(H2,19,23)(H,21,26)/b20-9-. The second-order valence-electron chi connectivity index (χ2n) is 5.42. The molecule has 3 aromatic rings. The minimum Gasteiger partial charge on any atom is -0.488 e. The van der Waals surface area contributed by atoms with Crippen LogP contribution in [0.4, 0.5) is 5.95 Å². The third-order valence-corrected chi connectivity index (χ3v) is 3.62. The molecule has 2 aromatic carbocycles. The number of carbonyl (C=O) groups is 1. The zero-order valence-electron chi connectivity index (χ0n) is 14.1. The van der Waals surface area contributed by atoms with Gasteiger partial charge in [-0.1, -0.05) is 41.0 Å². The van der Waals surface area contributed by atoms with Crippen molar-refractivity contribution in [3.63, 3.8) is 0 Å². The number of amides is 1. The molecule has 1 heterocycles. The van der Waals surface area contributed by atoms with Gasteiger partial charge in [0.1, 0.15) is 18.9 Å². The molecule has 0 atom stereocenters. The second-order valence-corrected chi connectivity index (χ2v) is 5.86. The molecule has 1 amide bonds. The van der Waals surface area contributed by atoms with E-state index in [4.69, 9.17) is 22.1 Å². The minimum atomic E-state index is -0.414. The van der Waals surface area contributed by atoms with Gasteiger partial charge in [0, 0.05) is 10.6 Å². The first-order valence-corrected chi connectivity index (χ1v) is 8.29. The van der Waals surface area contributed by atoms with Crippen molar-refractivity contribution in [2.45, 2.75) is 13.2 Å². The maximum absolute atomic E-state index is 11.8. The first-order valence-electron chi connectivity index (χ1n) is 7.91. The molecule has 138 valence electrons. The maximum Gasteiger partial charge on any atom is 0.263 e. The Bertz CT molecular complexity index is 940. The summed E-state index contributed by atoms with van der Waals surface area (Å²) in [6.07, 6.45) is 1.50. The molecule has 0 aliphatic heterocycles. The van der Waals surface area contributed by atoms with E-state index >= 15 is 0 Å². The van der Waals surface area contributed by atoms with Gasteiger partial charge < -0.3 is 10.5 Å². The van der Waals surface area contributed by atoms with Gasteiger partial charge in [-0.25, -0.2) is 5.43 Å². The molecule has 0 aliphatic rings. The number of rotatable bonds is 7. The van der Waals surface area contributed by atoms with Crippen LogP contribution in [0, 0.1) is 0 Å². The summed E-state index contributed by atoms with van der Waals surface area (Å²) >= 11 is 5.88. The van der Waals surface area contributed by atoms with E-state index in [1.165, 1.54) is 6.21 Å². The number of aromatic nitrogens is 4. The van der Waals surface area contributed by atoms with E-state index in [0.29, 0.717) is 17.4 Å². The number of carbonyl (C=O) groups excluding carboxylic acids is 1. The lowest BCUT2D eigenvalue weighted by molar-refractivity contribution is -0.122. The number of ether oxygens (including phenoxy) is 1. The van der Waals surface area contributed by atoms with Crippen LogP contribution in [0.15, 0.2) is 53.6 Å². The summed E-state index contributed by atoms with van der Waals surface area (Å²) in [4.78, 5) is 12.9. The predicted molar refractivity (Wildman–Crippen MR) is 100 cm³/mol. The largest absolute Gasteiger partial charge is 0.488 e. The normalized spacial score (nSPS) is 10.9.